The molecule has 0 radical (unpaired) electrons. The van der Waals surface area contributed by atoms with Gasteiger partial charge in [0.05, 0.1) is 0 Å². The van der Waals surface area contributed by atoms with Crippen molar-refractivity contribution in [2.75, 3.05) is 12.3 Å². The van der Waals surface area contributed by atoms with Crippen molar-refractivity contribution in [1.82, 2.24) is 0 Å². The molecule has 0 aromatic heterocycles. The zero-order valence-electron chi connectivity index (χ0n) is 12.5. The molecule has 0 amide bonds. The van der Waals surface area contributed by atoms with Gasteiger partial charge in [0.15, 0.2) is 0 Å². The van der Waals surface area contributed by atoms with E-state index in [0.717, 1.165) is 44.4 Å². The van der Waals surface area contributed by atoms with Crippen molar-refractivity contribution in [3.05, 3.63) is 0 Å². The van der Waals surface area contributed by atoms with Gasteiger partial charge in [-0.2, -0.15) is 0 Å². The quantitative estimate of drug-likeness (QED) is 0.310. The minimum Gasteiger partial charge on any atom is -0.290 e. The molecule has 19 heavy (non-hydrogen) atoms. The average Bonchev–Trinajstić information content (AvgIpc) is 2.43. The molecule has 110 valence electrons. The van der Waals surface area contributed by atoms with Crippen molar-refractivity contribution in [2.45, 2.75) is 65.7 Å². The van der Waals surface area contributed by atoms with Crippen molar-refractivity contribution < 1.29 is 14.4 Å². The van der Waals surface area contributed by atoms with Crippen molar-refractivity contribution in [2.24, 2.45) is 0 Å². The van der Waals surface area contributed by atoms with E-state index in [4.69, 9.17) is 0 Å². The Morgan fingerprint density at radius 2 is 1.26 bits per heavy atom. The Kier molecular flexibility index (Phi) is 10.9. The second-order valence-corrected chi connectivity index (χ2v) is 7.24. The molecule has 0 rings (SSSR count). The summed E-state index contributed by atoms with van der Waals surface area (Å²) in [5.74, 6) is -1.21. The fourth-order valence-corrected chi connectivity index (χ4v) is 4.16. The van der Waals surface area contributed by atoms with Crippen LogP contribution in [-0.4, -0.2) is 29.4 Å². The maximum atomic E-state index is 12.1. The standard InChI is InChI=1S/C15H27O3P/c1-4-7-10-13(16)14(17)15(18)19(11-8-5-2)12-9-6-3/h4-12H2,1-3H3. The molecule has 0 aromatic carbocycles. The second-order valence-electron chi connectivity index (χ2n) is 4.86. The lowest BCUT2D eigenvalue weighted by Crippen LogP contribution is -2.24. The maximum absolute atomic E-state index is 12.1. The van der Waals surface area contributed by atoms with Gasteiger partial charge in [0.25, 0.3) is 5.78 Å². The first kappa shape index (κ1) is 18.4. The Labute approximate surface area is 118 Å². The number of ketones is 2. The highest BCUT2D eigenvalue weighted by molar-refractivity contribution is 7.78. The van der Waals surface area contributed by atoms with Crippen LogP contribution in [0.4, 0.5) is 0 Å². The minimum atomic E-state index is -0.930. The zero-order chi connectivity index (χ0) is 14.7. The lowest BCUT2D eigenvalue weighted by atomic mass is 10.1. The first-order valence-electron chi connectivity index (χ1n) is 7.44. The Morgan fingerprint density at radius 3 is 1.68 bits per heavy atom. The van der Waals surface area contributed by atoms with Gasteiger partial charge in [-0.3, -0.25) is 14.4 Å². The number of carbonyl (C=O) groups is 3. The predicted octanol–water partition coefficient (Wildman–Crippen LogP) is 3.92. The van der Waals surface area contributed by atoms with Crippen molar-refractivity contribution in [3.8, 4) is 0 Å². The molecule has 0 aliphatic carbocycles. The van der Waals surface area contributed by atoms with Crippen LogP contribution in [0.3, 0.4) is 0 Å². The smallest absolute Gasteiger partial charge is 0.268 e. The zero-order valence-corrected chi connectivity index (χ0v) is 13.4. The summed E-state index contributed by atoms with van der Waals surface area (Å²) in [7, 11) is -0.930. The van der Waals surface area contributed by atoms with Crippen LogP contribution < -0.4 is 0 Å². The lowest BCUT2D eigenvalue weighted by Gasteiger charge is -2.14. The van der Waals surface area contributed by atoms with Crippen molar-refractivity contribution in [1.29, 1.82) is 0 Å². The molecule has 0 N–H and O–H groups in total. The summed E-state index contributed by atoms with van der Waals surface area (Å²) in [5, 5.41) is 0. The van der Waals surface area contributed by atoms with Crippen LogP contribution in [0.5, 0.6) is 0 Å². The molecule has 0 bridgehead atoms. The van der Waals surface area contributed by atoms with E-state index >= 15 is 0 Å². The van der Waals surface area contributed by atoms with Gasteiger partial charge >= 0.3 is 0 Å². The van der Waals surface area contributed by atoms with E-state index < -0.39 is 19.5 Å². The average molecular weight is 286 g/mol. The van der Waals surface area contributed by atoms with Crippen LogP contribution in [0, 0.1) is 0 Å². The molecule has 0 aliphatic heterocycles. The number of hydrogen-bond donors (Lipinski definition) is 0. The SMILES string of the molecule is CCCCC(=O)C(=O)C(=O)P(CCCC)CCCC. The highest BCUT2D eigenvalue weighted by Crippen LogP contribution is 2.39. The summed E-state index contributed by atoms with van der Waals surface area (Å²) < 4.78 is 0. The molecular weight excluding hydrogens is 259 g/mol. The summed E-state index contributed by atoms with van der Waals surface area (Å²) in [5.41, 5.74) is -0.377. The van der Waals surface area contributed by atoms with Crippen LogP contribution in [0.1, 0.15) is 65.7 Å². The fourth-order valence-electron chi connectivity index (χ4n) is 1.73. The van der Waals surface area contributed by atoms with Crippen molar-refractivity contribution >= 4 is 25.0 Å². The molecule has 0 aliphatic rings. The lowest BCUT2D eigenvalue weighted by molar-refractivity contribution is -0.141. The monoisotopic (exact) mass is 286 g/mol. The largest absolute Gasteiger partial charge is 0.290 e. The van der Waals surface area contributed by atoms with Crippen LogP contribution in [0.15, 0.2) is 0 Å². The number of rotatable bonds is 12. The molecule has 0 aromatic rings. The van der Waals surface area contributed by atoms with E-state index in [9.17, 15) is 14.4 Å². The predicted molar refractivity (Wildman–Crippen MR) is 81.0 cm³/mol. The van der Waals surface area contributed by atoms with E-state index in [1.54, 1.807) is 0 Å². The molecule has 0 atom stereocenters. The second kappa shape index (κ2) is 11.3. The summed E-state index contributed by atoms with van der Waals surface area (Å²) in [6.45, 7) is 6.12. The number of carbonyl (C=O) groups excluding carboxylic acids is 3. The summed E-state index contributed by atoms with van der Waals surface area (Å²) in [6.07, 6.45) is 7.38. The van der Waals surface area contributed by atoms with Gasteiger partial charge in [-0.15, -0.1) is 0 Å². The Balaban J connectivity index is 4.49. The first-order chi connectivity index (χ1) is 9.08. The number of unbranched alkanes of at least 4 members (excludes halogenated alkanes) is 3. The van der Waals surface area contributed by atoms with Gasteiger partial charge in [-0.25, -0.2) is 0 Å². The molecule has 0 saturated carbocycles. The number of Topliss-reactive ketones (excluding diaryl/α,β-unsaturated/α-hetero) is 2. The molecular formula is C15H27O3P. The molecule has 0 saturated heterocycles. The van der Waals surface area contributed by atoms with Gasteiger partial charge in [-0.05, 0) is 39.5 Å². The van der Waals surface area contributed by atoms with Crippen LogP contribution in [-0.2, 0) is 14.4 Å². The summed E-state index contributed by atoms with van der Waals surface area (Å²) in [4.78, 5) is 35.6. The Bertz CT molecular complexity index is 292. The Morgan fingerprint density at radius 1 is 0.789 bits per heavy atom. The third-order valence-electron chi connectivity index (χ3n) is 3.06. The van der Waals surface area contributed by atoms with E-state index in [1.165, 1.54) is 0 Å². The molecule has 4 heteroatoms. The number of hydrogen-bond acceptors (Lipinski definition) is 3. The van der Waals surface area contributed by atoms with Gasteiger partial charge in [-0.1, -0.05) is 40.0 Å². The third kappa shape index (κ3) is 7.57. The van der Waals surface area contributed by atoms with Gasteiger partial charge in [0.2, 0.25) is 11.3 Å². The van der Waals surface area contributed by atoms with Crippen LogP contribution in [0.2, 0.25) is 0 Å². The van der Waals surface area contributed by atoms with Gasteiger partial charge in [0.1, 0.15) is 0 Å². The van der Waals surface area contributed by atoms with E-state index in [2.05, 4.69) is 13.8 Å². The Hall–Kier alpha value is -0.560. The normalized spacial score (nSPS) is 10.7. The third-order valence-corrected chi connectivity index (χ3v) is 5.54. The molecule has 3 nitrogen and oxygen atoms in total. The maximum Gasteiger partial charge on any atom is 0.268 e. The minimum absolute atomic E-state index is 0.228. The fraction of sp³-hybridized carbons (Fsp3) is 0.800. The topological polar surface area (TPSA) is 51.2 Å². The van der Waals surface area contributed by atoms with Crippen LogP contribution in [0.25, 0.3) is 0 Å². The van der Waals surface area contributed by atoms with Crippen molar-refractivity contribution in [3.63, 3.8) is 0 Å². The highest BCUT2D eigenvalue weighted by atomic mass is 31.1. The molecule has 0 fully saturated rings. The first-order valence-corrected chi connectivity index (χ1v) is 9.16. The summed E-state index contributed by atoms with van der Waals surface area (Å²) >= 11 is 0. The van der Waals surface area contributed by atoms with Crippen LogP contribution >= 0.6 is 7.92 Å². The van der Waals surface area contributed by atoms with Gasteiger partial charge < -0.3 is 0 Å². The highest BCUT2D eigenvalue weighted by Gasteiger charge is 2.28. The molecule has 0 spiro atoms. The molecule has 0 heterocycles. The summed E-state index contributed by atoms with van der Waals surface area (Å²) in [6, 6.07) is 0. The van der Waals surface area contributed by atoms with Gasteiger partial charge in [0, 0.05) is 6.42 Å². The van der Waals surface area contributed by atoms with E-state index in [-0.39, 0.29) is 11.9 Å². The van der Waals surface area contributed by atoms with E-state index in [1.807, 2.05) is 6.92 Å². The molecule has 0 unspecified atom stereocenters. The van der Waals surface area contributed by atoms with E-state index in [0.29, 0.717) is 6.42 Å².